The Balaban J connectivity index is 2.07. The lowest BCUT2D eigenvalue weighted by atomic mass is 9.92. The molecule has 0 saturated carbocycles. The molecule has 0 bridgehead atoms. The molecule has 0 unspecified atom stereocenters. The molecule has 2 aliphatic carbocycles. The van der Waals surface area contributed by atoms with E-state index in [2.05, 4.69) is 17.2 Å². The van der Waals surface area contributed by atoms with Gasteiger partial charge in [-0.15, -0.1) is 0 Å². The van der Waals surface area contributed by atoms with Crippen LogP contribution in [0.2, 0.25) is 0 Å². The lowest BCUT2D eigenvalue weighted by molar-refractivity contribution is -0.144. The van der Waals surface area contributed by atoms with Gasteiger partial charge in [-0.3, -0.25) is 4.90 Å². The highest BCUT2D eigenvalue weighted by Gasteiger charge is 2.42. The maximum atomic E-state index is 13.8. The second-order valence-electron chi connectivity index (χ2n) is 9.93. The molecule has 2 aromatic carbocycles. The van der Waals surface area contributed by atoms with Crippen molar-refractivity contribution in [3.63, 3.8) is 0 Å². The molecule has 1 nitrogen and oxygen atoms in total. The van der Waals surface area contributed by atoms with Crippen LogP contribution in [0, 0.1) is 6.42 Å². The van der Waals surface area contributed by atoms with Crippen molar-refractivity contribution in [1.29, 1.82) is 0 Å². The summed E-state index contributed by atoms with van der Waals surface area (Å²) in [4.78, 5) is 1.62. The fraction of sp³-hybridized carbons (Fsp3) is 0.267. The Kier molecular flexibility index (Phi) is 8.98. The molecule has 233 valence electrons. The summed E-state index contributed by atoms with van der Waals surface area (Å²) in [6.45, 7) is 0. The van der Waals surface area contributed by atoms with Crippen molar-refractivity contribution < 1.29 is 52.7 Å². The van der Waals surface area contributed by atoms with Crippen LogP contribution in [0.3, 0.4) is 0 Å². The van der Waals surface area contributed by atoms with Gasteiger partial charge < -0.3 is 0 Å². The molecule has 0 fully saturated rings. The minimum Gasteiger partial charge on any atom is -0.298 e. The third-order valence-electron chi connectivity index (χ3n) is 6.57. The van der Waals surface area contributed by atoms with E-state index in [1.54, 1.807) is 43.6 Å². The number of benzene rings is 2. The maximum absolute atomic E-state index is 13.8. The number of allylic oxidation sites excluding steroid dienone is 3. The van der Waals surface area contributed by atoms with Crippen LogP contribution in [0.5, 0.6) is 0 Å². The standard InChI is InChI=1S/C30H19F12NP/c1-43(2)26(17-7-4-3-5-8-17)24-9-6-10-25(24)44(22-13-18(27(31,32)33)11-19(14-22)28(34,35)36)23-15-20(29(37,38)39)12-21(16-23)30(40,41)42/h3-5,7,11-16,26H,8H2,1-2H3/t26-/m0/s1. The minimum atomic E-state index is -5.33. The molecular weight excluding hydrogens is 633 g/mol. The zero-order valence-corrected chi connectivity index (χ0v) is 23.4. The van der Waals surface area contributed by atoms with Gasteiger partial charge in [0, 0.05) is 17.3 Å². The fourth-order valence-corrected chi connectivity index (χ4v) is 7.18. The highest BCUT2D eigenvalue weighted by Crippen LogP contribution is 2.52. The molecule has 0 aromatic heterocycles. The van der Waals surface area contributed by atoms with Gasteiger partial charge in [0.05, 0.1) is 28.3 Å². The smallest absolute Gasteiger partial charge is 0.298 e. The van der Waals surface area contributed by atoms with Crippen molar-refractivity contribution >= 4 is 18.5 Å². The Labute approximate surface area is 244 Å². The molecule has 44 heavy (non-hydrogen) atoms. The molecule has 0 heterocycles. The summed E-state index contributed by atoms with van der Waals surface area (Å²) in [5, 5.41) is -1.81. The van der Waals surface area contributed by atoms with E-state index < -0.39 is 71.5 Å². The minimum absolute atomic E-state index is 0.0769. The molecule has 4 rings (SSSR count). The second-order valence-corrected chi connectivity index (χ2v) is 12.1. The van der Waals surface area contributed by atoms with Crippen LogP contribution in [0.1, 0.15) is 28.7 Å². The van der Waals surface area contributed by atoms with E-state index in [0.717, 1.165) is 0 Å². The zero-order chi connectivity index (χ0) is 32.8. The van der Waals surface area contributed by atoms with Crippen LogP contribution in [0.4, 0.5) is 52.7 Å². The van der Waals surface area contributed by atoms with Crippen molar-refractivity contribution in [3.05, 3.63) is 117 Å². The number of nitrogens with zero attached hydrogens (tertiary/aromatic N) is 1. The normalized spacial score (nSPS) is 16.5. The Bertz CT molecular complexity index is 1510. The molecule has 0 aliphatic heterocycles. The van der Waals surface area contributed by atoms with Gasteiger partial charge in [0.15, 0.2) is 0 Å². The van der Waals surface area contributed by atoms with Crippen LogP contribution in [-0.2, 0) is 24.7 Å². The van der Waals surface area contributed by atoms with E-state index in [1.807, 2.05) is 0 Å². The third kappa shape index (κ3) is 7.26. The van der Waals surface area contributed by atoms with Gasteiger partial charge >= 0.3 is 24.7 Å². The van der Waals surface area contributed by atoms with E-state index in [9.17, 15) is 52.7 Å². The first-order valence-electron chi connectivity index (χ1n) is 12.4. The summed E-state index contributed by atoms with van der Waals surface area (Å²) in [5.74, 6) is 0. The fourth-order valence-electron chi connectivity index (χ4n) is 4.71. The molecular formula is C30H19F12NP. The highest BCUT2D eigenvalue weighted by molar-refractivity contribution is 7.77. The van der Waals surface area contributed by atoms with E-state index in [1.165, 1.54) is 0 Å². The van der Waals surface area contributed by atoms with Crippen molar-refractivity contribution in [2.45, 2.75) is 37.2 Å². The van der Waals surface area contributed by atoms with E-state index in [0.29, 0.717) is 36.3 Å². The first kappa shape index (κ1) is 33.4. The van der Waals surface area contributed by atoms with Gasteiger partial charge in [-0.05, 0) is 86.7 Å². The summed E-state index contributed by atoms with van der Waals surface area (Å²) in [5.41, 5.74) is 1.35. The summed E-state index contributed by atoms with van der Waals surface area (Å²) < 4.78 is 166. The molecule has 0 amide bonds. The molecule has 0 N–H and O–H groups in total. The number of halogens is 12. The zero-order valence-electron chi connectivity index (χ0n) is 22.5. The van der Waals surface area contributed by atoms with Crippen molar-refractivity contribution in [3.8, 4) is 0 Å². The van der Waals surface area contributed by atoms with E-state index in [-0.39, 0.29) is 23.0 Å². The number of hydrogen-bond acceptors (Lipinski definition) is 1. The molecule has 0 spiro atoms. The van der Waals surface area contributed by atoms with Crippen molar-refractivity contribution in [2.24, 2.45) is 0 Å². The second kappa shape index (κ2) is 11.8. The first-order chi connectivity index (χ1) is 20.2. The lowest BCUT2D eigenvalue weighted by Crippen LogP contribution is -2.33. The van der Waals surface area contributed by atoms with Crippen molar-refractivity contribution in [1.82, 2.24) is 4.90 Å². The van der Waals surface area contributed by atoms with Gasteiger partial charge in [0.1, 0.15) is 0 Å². The number of rotatable bonds is 6. The average Bonchev–Trinajstić information content (AvgIpc) is 3.35. The predicted molar refractivity (Wildman–Crippen MR) is 140 cm³/mol. The van der Waals surface area contributed by atoms with Gasteiger partial charge in [-0.2, -0.15) is 52.7 Å². The van der Waals surface area contributed by atoms with Crippen LogP contribution in [0.25, 0.3) is 0 Å². The first-order valence-corrected chi connectivity index (χ1v) is 13.8. The SMILES string of the molecule is CN(C)[C@H](C1=C=C=C=C1P(c1cc(C(F)(F)F)cc(C(F)(F)F)c1)c1cc(C(F)(F)F)cc(C(F)(F)F)c1)C1=C[CH]C=CC1. The van der Waals surface area contributed by atoms with Crippen LogP contribution in [-0.4, -0.2) is 25.0 Å². The third-order valence-corrected chi connectivity index (χ3v) is 8.92. The van der Waals surface area contributed by atoms with Crippen LogP contribution >= 0.6 is 7.92 Å². The van der Waals surface area contributed by atoms with Crippen molar-refractivity contribution in [2.75, 3.05) is 14.1 Å². The molecule has 0 saturated heterocycles. The van der Waals surface area contributed by atoms with Crippen LogP contribution < -0.4 is 10.6 Å². The maximum Gasteiger partial charge on any atom is 0.416 e. The Hall–Kier alpha value is -3.45. The molecule has 1 radical (unpaired) electrons. The quantitative estimate of drug-likeness (QED) is 0.171. The van der Waals surface area contributed by atoms with Gasteiger partial charge in [-0.1, -0.05) is 29.7 Å². The molecule has 1 atom stereocenters. The molecule has 14 heteroatoms. The Morgan fingerprint density at radius 2 is 1.09 bits per heavy atom. The van der Waals surface area contributed by atoms with Gasteiger partial charge in [0.2, 0.25) is 0 Å². The lowest BCUT2D eigenvalue weighted by Gasteiger charge is -2.32. The predicted octanol–water partition coefficient (Wildman–Crippen LogP) is 8.95. The number of hydrogen-bond donors (Lipinski definition) is 0. The van der Waals surface area contributed by atoms with E-state index in [4.69, 9.17) is 0 Å². The van der Waals surface area contributed by atoms with Crippen LogP contribution in [0.15, 0.2) is 88.3 Å². The molecule has 2 aliphatic rings. The number of likely N-dealkylation sites (N-methyl/N-ethyl adjacent to an activating group) is 1. The average molecular weight is 652 g/mol. The van der Waals surface area contributed by atoms with E-state index >= 15 is 0 Å². The monoisotopic (exact) mass is 652 g/mol. The summed E-state index contributed by atoms with van der Waals surface area (Å²) in [6.07, 6.45) is -14.1. The summed E-state index contributed by atoms with van der Waals surface area (Å²) >= 11 is 0. The summed E-state index contributed by atoms with van der Waals surface area (Å²) in [7, 11) is 0.222. The topological polar surface area (TPSA) is 3.24 Å². The largest absolute Gasteiger partial charge is 0.416 e. The Morgan fingerprint density at radius 1 is 0.659 bits per heavy atom. The molecule has 2 aromatic rings. The Morgan fingerprint density at radius 3 is 1.43 bits per heavy atom. The number of alkyl halides is 12. The highest BCUT2D eigenvalue weighted by atomic mass is 31.1. The van der Waals surface area contributed by atoms with Gasteiger partial charge in [-0.25, -0.2) is 0 Å². The van der Waals surface area contributed by atoms with Gasteiger partial charge in [0.25, 0.3) is 0 Å². The summed E-state index contributed by atoms with van der Waals surface area (Å²) in [6, 6.07) is 0.103.